The number of hydrogen-bond acceptors (Lipinski definition) is 3. The molecule has 3 N–H and O–H groups in total. The summed E-state index contributed by atoms with van der Waals surface area (Å²) in [5.74, 6) is 0.763. The molecular formula is C13H19ClN2OS. The molecule has 1 aliphatic carbocycles. The van der Waals surface area contributed by atoms with Gasteiger partial charge in [-0.25, -0.2) is 0 Å². The molecule has 0 aromatic carbocycles. The monoisotopic (exact) mass is 286 g/mol. The van der Waals surface area contributed by atoms with Crippen molar-refractivity contribution in [3.63, 3.8) is 0 Å². The number of nitrogens with one attached hydrogen (secondary N) is 1. The van der Waals surface area contributed by atoms with Crippen LogP contribution in [0.5, 0.6) is 0 Å². The average Bonchev–Trinajstić information content (AvgIpc) is 2.90. The van der Waals surface area contributed by atoms with Crippen LogP contribution in [0.3, 0.4) is 0 Å². The van der Waals surface area contributed by atoms with E-state index < -0.39 is 0 Å². The van der Waals surface area contributed by atoms with Crippen LogP contribution in [0, 0.1) is 5.92 Å². The minimum atomic E-state index is 0.0775. The maximum absolute atomic E-state index is 11.9. The minimum absolute atomic E-state index is 0.0775. The zero-order valence-electron chi connectivity index (χ0n) is 10.3. The van der Waals surface area contributed by atoms with E-state index in [1.54, 1.807) is 0 Å². The first kappa shape index (κ1) is 13.8. The Labute approximate surface area is 117 Å². The van der Waals surface area contributed by atoms with E-state index in [2.05, 4.69) is 5.32 Å². The molecule has 1 aliphatic rings. The van der Waals surface area contributed by atoms with Crippen molar-refractivity contribution in [3.05, 3.63) is 21.3 Å². The minimum Gasteiger partial charge on any atom is -0.353 e. The molecule has 3 nitrogen and oxygen atoms in total. The molecule has 2 rings (SSSR count). The van der Waals surface area contributed by atoms with E-state index in [0.717, 1.165) is 35.7 Å². The molecule has 1 heterocycles. The van der Waals surface area contributed by atoms with Crippen molar-refractivity contribution >= 4 is 28.8 Å². The van der Waals surface area contributed by atoms with Gasteiger partial charge in [0.25, 0.3) is 0 Å². The van der Waals surface area contributed by atoms with Crippen LogP contribution in [-0.2, 0) is 11.2 Å². The van der Waals surface area contributed by atoms with Crippen LogP contribution in [0.4, 0.5) is 0 Å². The van der Waals surface area contributed by atoms with Crippen molar-refractivity contribution in [3.8, 4) is 0 Å². The van der Waals surface area contributed by atoms with Crippen LogP contribution in [0.2, 0.25) is 4.34 Å². The maximum atomic E-state index is 11.9. The molecule has 0 aliphatic heterocycles. The van der Waals surface area contributed by atoms with Crippen LogP contribution < -0.4 is 11.1 Å². The lowest BCUT2D eigenvalue weighted by molar-refractivity contribution is -0.121. The largest absolute Gasteiger partial charge is 0.353 e. The highest BCUT2D eigenvalue weighted by atomic mass is 35.5. The Kier molecular flexibility index (Phi) is 5.03. The van der Waals surface area contributed by atoms with Crippen molar-refractivity contribution in [2.75, 3.05) is 6.54 Å². The number of amides is 1. The molecule has 0 bridgehead atoms. The highest BCUT2D eigenvalue weighted by Crippen LogP contribution is 2.28. The molecule has 0 saturated heterocycles. The van der Waals surface area contributed by atoms with Crippen LogP contribution in [0.25, 0.3) is 0 Å². The molecule has 2 unspecified atom stereocenters. The fourth-order valence-electron chi connectivity index (χ4n) is 2.60. The third-order valence-corrected chi connectivity index (χ3v) is 4.78. The standard InChI is InChI=1S/C13H19ClN2OS/c14-13-10(4-6-18-13)8-12(17)16-11-2-1-9(7-11)3-5-15/h4,6,9,11H,1-3,5,7-8,15H2,(H,16,17). The van der Waals surface area contributed by atoms with Crippen LogP contribution in [0.1, 0.15) is 31.2 Å². The number of nitrogens with two attached hydrogens (primary N) is 1. The van der Waals surface area contributed by atoms with Gasteiger partial charge >= 0.3 is 0 Å². The van der Waals surface area contributed by atoms with Gasteiger partial charge in [0.15, 0.2) is 0 Å². The first-order chi connectivity index (χ1) is 8.69. The second kappa shape index (κ2) is 6.55. The number of rotatable bonds is 5. The first-order valence-corrected chi connectivity index (χ1v) is 7.66. The topological polar surface area (TPSA) is 55.1 Å². The van der Waals surface area contributed by atoms with Crippen molar-refractivity contribution in [2.45, 2.75) is 38.1 Å². The second-order valence-corrected chi connectivity index (χ2v) is 6.44. The van der Waals surface area contributed by atoms with Gasteiger partial charge in [-0.1, -0.05) is 11.6 Å². The van der Waals surface area contributed by atoms with Gasteiger partial charge in [-0.05, 0) is 55.2 Å². The summed E-state index contributed by atoms with van der Waals surface area (Å²) in [6.45, 7) is 0.746. The van der Waals surface area contributed by atoms with E-state index in [4.69, 9.17) is 17.3 Å². The Balaban J connectivity index is 1.77. The highest BCUT2D eigenvalue weighted by molar-refractivity contribution is 7.14. The number of hydrogen-bond donors (Lipinski definition) is 2. The number of thiophene rings is 1. The normalized spacial score (nSPS) is 23.2. The summed E-state index contributed by atoms with van der Waals surface area (Å²) in [4.78, 5) is 11.9. The van der Waals surface area contributed by atoms with Gasteiger partial charge in [0, 0.05) is 6.04 Å². The average molecular weight is 287 g/mol. The summed E-state index contributed by atoms with van der Waals surface area (Å²) in [6, 6.07) is 2.24. The predicted molar refractivity (Wildman–Crippen MR) is 76.0 cm³/mol. The van der Waals surface area contributed by atoms with E-state index in [9.17, 15) is 4.79 Å². The third-order valence-electron chi connectivity index (χ3n) is 3.53. The van der Waals surface area contributed by atoms with Gasteiger partial charge in [0.2, 0.25) is 5.91 Å². The Morgan fingerprint density at radius 1 is 1.56 bits per heavy atom. The molecule has 5 heteroatoms. The fourth-order valence-corrected chi connectivity index (χ4v) is 3.53. The van der Waals surface area contributed by atoms with Crippen molar-refractivity contribution in [2.24, 2.45) is 11.7 Å². The van der Waals surface area contributed by atoms with E-state index in [1.165, 1.54) is 17.8 Å². The molecule has 1 saturated carbocycles. The number of carbonyl (C=O) groups is 1. The van der Waals surface area contributed by atoms with Crippen LogP contribution in [0.15, 0.2) is 11.4 Å². The Morgan fingerprint density at radius 3 is 3.06 bits per heavy atom. The third kappa shape index (κ3) is 3.70. The fraction of sp³-hybridized carbons (Fsp3) is 0.615. The van der Waals surface area contributed by atoms with Crippen LogP contribution >= 0.6 is 22.9 Å². The lowest BCUT2D eigenvalue weighted by Crippen LogP contribution is -2.34. The molecule has 18 heavy (non-hydrogen) atoms. The molecule has 2 atom stereocenters. The zero-order chi connectivity index (χ0) is 13.0. The second-order valence-electron chi connectivity index (χ2n) is 4.92. The summed E-state index contributed by atoms with van der Waals surface area (Å²) >= 11 is 7.46. The summed E-state index contributed by atoms with van der Waals surface area (Å²) in [7, 11) is 0. The Bertz CT molecular complexity index is 407. The molecule has 0 spiro atoms. The molecule has 1 aromatic rings. The van der Waals surface area contributed by atoms with E-state index >= 15 is 0 Å². The molecule has 1 fully saturated rings. The summed E-state index contributed by atoms with van der Waals surface area (Å²) in [5, 5.41) is 5.01. The van der Waals surface area contributed by atoms with Crippen molar-refractivity contribution < 1.29 is 4.79 Å². The van der Waals surface area contributed by atoms with Gasteiger partial charge in [-0.2, -0.15) is 0 Å². The first-order valence-electron chi connectivity index (χ1n) is 6.40. The summed E-state index contributed by atoms with van der Waals surface area (Å²) in [6.07, 6.45) is 4.79. The number of carbonyl (C=O) groups excluding carboxylic acids is 1. The Hall–Kier alpha value is -0.580. The predicted octanol–water partition coefficient (Wildman–Crippen LogP) is 2.58. The van der Waals surface area contributed by atoms with Gasteiger partial charge in [-0.15, -0.1) is 11.3 Å². The van der Waals surface area contributed by atoms with E-state index in [-0.39, 0.29) is 5.91 Å². The summed E-state index contributed by atoms with van der Waals surface area (Å²) < 4.78 is 0.720. The highest BCUT2D eigenvalue weighted by Gasteiger charge is 2.25. The smallest absolute Gasteiger partial charge is 0.224 e. The molecule has 0 radical (unpaired) electrons. The summed E-state index contributed by atoms with van der Waals surface area (Å²) in [5.41, 5.74) is 6.49. The molecule has 1 amide bonds. The SMILES string of the molecule is NCCC1CCC(NC(=O)Cc2ccsc2Cl)C1. The molecular weight excluding hydrogens is 268 g/mol. The quantitative estimate of drug-likeness (QED) is 0.874. The molecule has 100 valence electrons. The zero-order valence-corrected chi connectivity index (χ0v) is 11.9. The number of halogens is 1. The van der Waals surface area contributed by atoms with Crippen molar-refractivity contribution in [1.82, 2.24) is 5.32 Å². The van der Waals surface area contributed by atoms with Gasteiger partial charge in [-0.3, -0.25) is 4.79 Å². The Morgan fingerprint density at radius 2 is 2.39 bits per heavy atom. The van der Waals surface area contributed by atoms with Gasteiger partial charge in [0.1, 0.15) is 0 Å². The maximum Gasteiger partial charge on any atom is 0.224 e. The lowest BCUT2D eigenvalue weighted by atomic mass is 10.0. The van der Waals surface area contributed by atoms with E-state index in [1.807, 2.05) is 11.4 Å². The van der Waals surface area contributed by atoms with Gasteiger partial charge < -0.3 is 11.1 Å². The molecule has 1 aromatic heterocycles. The van der Waals surface area contributed by atoms with Crippen LogP contribution in [-0.4, -0.2) is 18.5 Å². The van der Waals surface area contributed by atoms with Crippen molar-refractivity contribution in [1.29, 1.82) is 0 Å². The van der Waals surface area contributed by atoms with Gasteiger partial charge in [0.05, 0.1) is 10.8 Å². The van der Waals surface area contributed by atoms with E-state index in [0.29, 0.717) is 18.4 Å². The lowest BCUT2D eigenvalue weighted by Gasteiger charge is -2.13.